The minimum atomic E-state index is 0.192. The predicted octanol–water partition coefficient (Wildman–Crippen LogP) is 1.77. The Morgan fingerprint density at radius 2 is 2.16 bits per heavy atom. The number of amides is 1. The molecule has 1 aliphatic rings. The average Bonchev–Trinajstić information content (AvgIpc) is 2.56. The summed E-state index contributed by atoms with van der Waals surface area (Å²) in [4.78, 5) is 16.2. The molecule has 104 valence electrons. The molecule has 2 rings (SSSR count). The summed E-state index contributed by atoms with van der Waals surface area (Å²) in [6.07, 6.45) is 2.46. The van der Waals surface area contributed by atoms with Crippen LogP contribution in [-0.4, -0.2) is 32.6 Å². The molecule has 0 saturated heterocycles. The topological polar surface area (TPSA) is 49.6 Å². The Morgan fingerprint density at radius 3 is 2.84 bits per heavy atom. The standard InChI is InChI=1S/C15H23N3O/c1-3-12-6-4-7-13-15(12)17(2)14(19)8-11-18(13)10-5-9-16/h4,6-7H,3,5,8-11,16H2,1-2H3. The molecule has 1 amide bonds. The Balaban J connectivity index is 2.44. The van der Waals surface area contributed by atoms with E-state index in [2.05, 4.69) is 30.0 Å². The smallest absolute Gasteiger partial charge is 0.228 e. The molecule has 0 radical (unpaired) electrons. The lowest BCUT2D eigenvalue weighted by Gasteiger charge is -2.27. The van der Waals surface area contributed by atoms with Crippen molar-refractivity contribution < 1.29 is 4.79 Å². The number of para-hydroxylation sites is 1. The van der Waals surface area contributed by atoms with Gasteiger partial charge in [-0.05, 0) is 31.0 Å². The highest BCUT2D eigenvalue weighted by Gasteiger charge is 2.24. The first-order valence-corrected chi connectivity index (χ1v) is 7.02. The van der Waals surface area contributed by atoms with Crippen LogP contribution in [0, 0.1) is 0 Å². The first-order chi connectivity index (χ1) is 9.19. The van der Waals surface area contributed by atoms with Crippen molar-refractivity contribution in [2.45, 2.75) is 26.2 Å². The van der Waals surface area contributed by atoms with Crippen LogP contribution in [0.2, 0.25) is 0 Å². The van der Waals surface area contributed by atoms with Gasteiger partial charge in [-0.2, -0.15) is 0 Å². The van der Waals surface area contributed by atoms with Gasteiger partial charge in [-0.1, -0.05) is 19.1 Å². The van der Waals surface area contributed by atoms with Crippen molar-refractivity contribution >= 4 is 17.3 Å². The number of nitrogens with two attached hydrogens (primary N) is 1. The fourth-order valence-corrected chi connectivity index (χ4v) is 2.66. The van der Waals surface area contributed by atoms with Gasteiger partial charge >= 0.3 is 0 Å². The van der Waals surface area contributed by atoms with Crippen molar-refractivity contribution in [1.82, 2.24) is 0 Å². The summed E-state index contributed by atoms with van der Waals surface area (Å²) in [6, 6.07) is 6.30. The molecule has 0 spiro atoms. The van der Waals surface area contributed by atoms with Gasteiger partial charge in [-0.25, -0.2) is 0 Å². The van der Waals surface area contributed by atoms with Crippen LogP contribution >= 0.6 is 0 Å². The van der Waals surface area contributed by atoms with E-state index >= 15 is 0 Å². The molecule has 0 bridgehead atoms. The van der Waals surface area contributed by atoms with E-state index in [9.17, 15) is 4.79 Å². The van der Waals surface area contributed by atoms with Crippen LogP contribution in [-0.2, 0) is 11.2 Å². The predicted molar refractivity (Wildman–Crippen MR) is 79.7 cm³/mol. The van der Waals surface area contributed by atoms with Gasteiger partial charge in [0.2, 0.25) is 5.91 Å². The van der Waals surface area contributed by atoms with Gasteiger partial charge in [0, 0.05) is 26.6 Å². The molecule has 0 aromatic heterocycles. The lowest BCUT2D eigenvalue weighted by molar-refractivity contribution is -0.118. The quantitative estimate of drug-likeness (QED) is 0.898. The molecule has 0 atom stereocenters. The van der Waals surface area contributed by atoms with Gasteiger partial charge in [0.25, 0.3) is 0 Å². The summed E-state index contributed by atoms with van der Waals surface area (Å²) in [5.74, 6) is 0.192. The lowest BCUT2D eigenvalue weighted by atomic mass is 10.1. The summed E-state index contributed by atoms with van der Waals surface area (Å²) in [6.45, 7) is 4.51. The summed E-state index contributed by atoms with van der Waals surface area (Å²) in [7, 11) is 1.88. The zero-order chi connectivity index (χ0) is 13.8. The number of anilines is 2. The fourth-order valence-electron chi connectivity index (χ4n) is 2.66. The number of carbonyl (C=O) groups is 1. The number of benzene rings is 1. The third kappa shape index (κ3) is 2.73. The van der Waals surface area contributed by atoms with Crippen LogP contribution < -0.4 is 15.5 Å². The first-order valence-electron chi connectivity index (χ1n) is 7.02. The number of fused-ring (bicyclic) bond motifs is 1. The first kappa shape index (κ1) is 13.9. The Bertz CT molecular complexity index is 459. The molecular weight excluding hydrogens is 238 g/mol. The van der Waals surface area contributed by atoms with Crippen LogP contribution in [0.3, 0.4) is 0 Å². The highest BCUT2D eigenvalue weighted by molar-refractivity contribution is 5.99. The van der Waals surface area contributed by atoms with E-state index in [1.54, 1.807) is 0 Å². The van der Waals surface area contributed by atoms with Gasteiger partial charge in [-0.15, -0.1) is 0 Å². The fraction of sp³-hybridized carbons (Fsp3) is 0.533. The van der Waals surface area contributed by atoms with E-state index in [0.717, 1.165) is 31.6 Å². The van der Waals surface area contributed by atoms with Crippen molar-refractivity contribution in [3.05, 3.63) is 23.8 Å². The van der Waals surface area contributed by atoms with Crippen molar-refractivity contribution in [3.8, 4) is 0 Å². The second-order valence-electron chi connectivity index (χ2n) is 4.97. The Kier molecular flexibility index (Phi) is 4.43. The van der Waals surface area contributed by atoms with Gasteiger partial charge in [0.1, 0.15) is 0 Å². The molecular formula is C15H23N3O. The van der Waals surface area contributed by atoms with E-state index in [1.165, 1.54) is 11.3 Å². The van der Waals surface area contributed by atoms with Crippen molar-refractivity contribution in [3.63, 3.8) is 0 Å². The Labute approximate surface area is 115 Å². The average molecular weight is 261 g/mol. The number of hydrogen-bond donors (Lipinski definition) is 1. The van der Waals surface area contributed by atoms with Gasteiger partial charge in [0.15, 0.2) is 0 Å². The number of rotatable bonds is 4. The minimum Gasteiger partial charge on any atom is -0.369 e. The van der Waals surface area contributed by atoms with Gasteiger partial charge in [-0.3, -0.25) is 4.79 Å². The van der Waals surface area contributed by atoms with E-state index < -0.39 is 0 Å². The molecule has 1 aromatic carbocycles. The maximum Gasteiger partial charge on any atom is 0.228 e. The highest BCUT2D eigenvalue weighted by atomic mass is 16.2. The molecule has 4 heteroatoms. The zero-order valence-electron chi connectivity index (χ0n) is 11.9. The minimum absolute atomic E-state index is 0.192. The lowest BCUT2D eigenvalue weighted by Crippen LogP contribution is -2.27. The summed E-state index contributed by atoms with van der Waals surface area (Å²) >= 11 is 0. The monoisotopic (exact) mass is 261 g/mol. The maximum absolute atomic E-state index is 12.1. The number of carbonyl (C=O) groups excluding carboxylic acids is 1. The molecule has 1 aromatic rings. The van der Waals surface area contributed by atoms with E-state index in [0.29, 0.717) is 13.0 Å². The summed E-state index contributed by atoms with van der Waals surface area (Å²) in [5, 5.41) is 0. The van der Waals surface area contributed by atoms with Crippen LogP contribution in [0.5, 0.6) is 0 Å². The Morgan fingerprint density at radius 1 is 1.37 bits per heavy atom. The van der Waals surface area contributed by atoms with E-state index in [-0.39, 0.29) is 5.91 Å². The second-order valence-corrected chi connectivity index (χ2v) is 4.97. The van der Waals surface area contributed by atoms with Crippen LogP contribution in [0.4, 0.5) is 11.4 Å². The van der Waals surface area contributed by atoms with Crippen molar-refractivity contribution in [1.29, 1.82) is 0 Å². The molecule has 19 heavy (non-hydrogen) atoms. The number of hydrogen-bond acceptors (Lipinski definition) is 3. The third-order valence-electron chi connectivity index (χ3n) is 3.76. The molecule has 4 nitrogen and oxygen atoms in total. The molecule has 0 saturated carbocycles. The van der Waals surface area contributed by atoms with Crippen LogP contribution in [0.15, 0.2) is 18.2 Å². The summed E-state index contributed by atoms with van der Waals surface area (Å²) < 4.78 is 0. The largest absolute Gasteiger partial charge is 0.369 e. The molecule has 2 N–H and O–H groups in total. The number of aryl methyl sites for hydroxylation is 1. The second kappa shape index (κ2) is 6.06. The highest BCUT2D eigenvalue weighted by Crippen LogP contribution is 2.35. The van der Waals surface area contributed by atoms with Crippen LogP contribution in [0.1, 0.15) is 25.3 Å². The molecule has 1 heterocycles. The van der Waals surface area contributed by atoms with Crippen LogP contribution in [0.25, 0.3) is 0 Å². The summed E-state index contributed by atoms with van der Waals surface area (Å²) in [5.41, 5.74) is 9.08. The molecule has 0 fully saturated rings. The normalized spacial score (nSPS) is 15.4. The third-order valence-corrected chi connectivity index (χ3v) is 3.76. The molecule has 1 aliphatic heterocycles. The zero-order valence-corrected chi connectivity index (χ0v) is 11.9. The van der Waals surface area contributed by atoms with Gasteiger partial charge in [0.05, 0.1) is 11.4 Å². The molecule has 0 aliphatic carbocycles. The van der Waals surface area contributed by atoms with Crippen molar-refractivity contribution in [2.75, 3.05) is 36.5 Å². The van der Waals surface area contributed by atoms with E-state index in [4.69, 9.17) is 5.73 Å². The van der Waals surface area contributed by atoms with E-state index in [1.807, 2.05) is 11.9 Å². The van der Waals surface area contributed by atoms with Gasteiger partial charge < -0.3 is 15.5 Å². The molecule has 0 unspecified atom stereocenters. The SMILES string of the molecule is CCc1cccc2c1N(C)C(=O)CCN2CCCN. The number of nitrogens with zero attached hydrogens (tertiary/aromatic N) is 2. The maximum atomic E-state index is 12.1. The van der Waals surface area contributed by atoms with Crippen molar-refractivity contribution in [2.24, 2.45) is 5.73 Å². The Hall–Kier alpha value is -1.55.